The molecule has 0 spiro atoms. The number of rotatable bonds is 2. The average molecular weight is 274 g/mol. The molecule has 4 aromatic rings. The fourth-order valence-corrected chi connectivity index (χ4v) is 3.38. The van der Waals surface area contributed by atoms with Crippen molar-refractivity contribution in [3.05, 3.63) is 59.7 Å². The zero-order valence-corrected chi connectivity index (χ0v) is 12.4. The smallest absolute Gasteiger partial charge is 0.143 e. The molecule has 0 saturated carbocycles. The molecule has 0 aliphatic heterocycles. The van der Waals surface area contributed by atoms with E-state index in [4.69, 9.17) is 4.42 Å². The zero-order valence-electron chi connectivity index (χ0n) is 12.4. The summed E-state index contributed by atoms with van der Waals surface area (Å²) in [6.45, 7) is 4.43. The van der Waals surface area contributed by atoms with Crippen molar-refractivity contribution in [2.24, 2.45) is 0 Å². The first-order chi connectivity index (χ1) is 10.3. The minimum Gasteiger partial charge on any atom is -0.455 e. The van der Waals surface area contributed by atoms with Gasteiger partial charge in [-0.1, -0.05) is 56.3 Å². The monoisotopic (exact) mass is 274 g/mol. The summed E-state index contributed by atoms with van der Waals surface area (Å²) in [7, 11) is 0. The molecule has 21 heavy (non-hydrogen) atoms. The Morgan fingerprint density at radius 3 is 2.43 bits per heavy atom. The molecule has 1 heteroatoms. The lowest BCUT2D eigenvalue weighted by Gasteiger charge is -2.05. The SMILES string of the molecule is CCc1cccc2oc3c4ccccc4cc(CC)c3c12. The summed E-state index contributed by atoms with van der Waals surface area (Å²) in [4.78, 5) is 0. The second kappa shape index (κ2) is 4.63. The molecular weight excluding hydrogens is 256 g/mol. The molecule has 0 atom stereocenters. The number of fused-ring (bicyclic) bond motifs is 5. The molecule has 1 heterocycles. The Morgan fingerprint density at radius 1 is 0.810 bits per heavy atom. The fourth-order valence-electron chi connectivity index (χ4n) is 3.38. The van der Waals surface area contributed by atoms with Crippen molar-refractivity contribution in [1.82, 2.24) is 0 Å². The molecule has 1 nitrogen and oxygen atoms in total. The van der Waals surface area contributed by atoms with Gasteiger partial charge in [-0.15, -0.1) is 0 Å². The topological polar surface area (TPSA) is 13.1 Å². The Hall–Kier alpha value is -2.28. The van der Waals surface area contributed by atoms with Gasteiger partial charge in [-0.25, -0.2) is 0 Å². The second-order valence-electron chi connectivity index (χ2n) is 5.56. The van der Waals surface area contributed by atoms with E-state index < -0.39 is 0 Å². The summed E-state index contributed by atoms with van der Waals surface area (Å²) >= 11 is 0. The molecule has 104 valence electrons. The van der Waals surface area contributed by atoms with Gasteiger partial charge in [0.05, 0.1) is 0 Å². The normalized spacial score (nSPS) is 11.7. The van der Waals surface area contributed by atoms with Crippen molar-refractivity contribution in [3.8, 4) is 0 Å². The number of hydrogen-bond donors (Lipinski definition) is 0. The highest BCUT2D eigenvalue weighted by atomic mass is 16.3. The van der Waals surface area contributed by atoms with Gasteiger partial charge in [0.25, 0.3) is 0 Å². The van der Waals surface area contributed by atoms with Gasteiger partial charge in [0.2, 0.25) is 0 Å². The van der Waals surface area contributed by atoms with Crippen LogP contribution in [-0.2, 0) is 12.8 Å². The molecular formula is C20H18O. The van der Waals surface area contributed by atoms with E-state index in [1.807, 2.05) is 0 Å². The predicted molar refractivity (Wildman–Crippen MR) is 90.0 cm³/mol. The van der Waals surface area contributed by atoms with E-state index in [1.165, 1.54) is 32.7 Å². The number of aryl methyl sites for hydroxylation is 2. The van der Waals surface area contributed by atoms with Crippen LogP contribution in [0, 0.1) is 0 Å². The van der Waals surface area contributed by atoms with Crippen LogP contribution in [-0.4, -0.2) is 0 Å². The van der Waals surface area contributed by atoms with E-state index >= 15 is 0 Å². The van der Waals surface area contributed by atoms with Crippen molar-refractivity contribution < 1.29 is 4.42 Å². The standard InChI is InChI=1S/C20H18O/c1-3-13-9-7-11-17-18(13)19-14(4-2)12-15-8-5-6-10-16(15)20(19)21-17/h5-12H,3-4H2,1-2H3. The van der Waals surface area contributed by atoms with Crippen LogP contribution in [0.15, 0.2) is 52.9 Å². The highest BCUT2D eigenvalue weighted by Crippen LogP contribution is 2.38. The van der Waals surface area contributed by atoms with Gasteiger partial charge in [-0.3, -0.25) is 0 Å². The van der Waals surface area contributed by atoms with Gasteiger partial charge >= 0.3 is 0 Å². The fraction of sp³-hybridized carbons (Fsp3) is 0.200. The number of furan rings is 1. The Morgan fingerprint density at radius 2 is 1.62 bits per heavy atom. The van der Waals surface area contributed by atoms with E-state index in [9.17, 15) is 0 Å². The van der Waals surface area contributed by atoms with Crippen LogP contribution in [0.5, 0.6) is 0 Å². The molecule has 3 aromatic carbocycles. The van der Waals surface area contributed by atoms with Crippen molar-refractivity contribution in [3.63, 3.8) is 0 Å². The summed E-state index contributed by atoms with van der Waals surface area (Å²) in [5.41, 5.74) is 4.80. The van der Waals surface area contributed by atoms with Crippen LogP contribution in [0.25, 0.3) is 32.7 Å². The van der Waals surface area contributed by atoms with Gasteiger partial charge in [0, 0.05) is 16.2 Å². The third kappa shape index (κ3) is 1.70. The Balaban J connectivity index is 2.32. The van der Waals surface area contributed by atoms with E-state index in [0.717, 1.165) is 24.0 Å². The highest BCUT2D eigenvalue weighted by molar-refractivity contribution is 6.17. The van der Waals surface area contributed by atoms with Crippen molar-refractivity contribution in [1.29, 1.82) is 0 Å². The van der Waals surface area contributed by atoms with Crippen LogP contribution >= 0.6 is 0 Å². The van der Waals surface area contributed by atoms with Crippen LogP contribution in [0.1, 0.15) is 25.0 Å². The molecule has 0 radical (unpaired) electrons. The summed E-state index contributed by atoms with van der Waals surface area (Å²) in [5, 5.41) is 5.09. The van der Waals surface area contributed by atoms with Crippen molar-refractivity contribution >= 4 is 32.7 Å². The predicted octanol–water partition coefficient (Wildman–Crippen LogP) is 5.86. The molecule has 0 aliphatic rings. The molecule has 0 saturated heterocycles. The van der Waals surface area contributed by atoms with E-state index in [2.05, 4.69) is 62.4 Å². The summed E-state index contributed by atoms with van der Waals surface area (Å²) < 4.78 is 6.25. The van der Waals surface area contributed by atoms with Crippen LogP contribution in [0.4, 0.5) is 0 Å². The van der Waals surface area contributed by atoms with E-state index in [-0.39, 0.29) is 0 Å². The number of benzene rings is 3. The van der Waals surface area contributed by atoms with Crippen LogP contribution < -0.4 is 0 Å². The zero-order chi connectivity index (χ0) is 14.4. The lowest BCUT2D eigenvalue weighted by atomic mass is 9.96. The molecule has 1 aromatic heterocycles. The maximum Gasteiger partial charge on any atom is 0.143 e. The maximum atomic E-state index is 6.25. The molecule has 0 unspecified atom stereocenters. The summed E-state index contributed by atoms with van der Waals surface area (Å²) in [5.74, 6) is 0. The van der Waals surface area contributed by atoms with E-state index in [0.29, 0.717) is 0 Å². The third-order valence-electron chi connectivity index (χ3n) is 4.42. The first-order valence-electron chi connectivity index (χ1n) is 7.68. The molecule has 0 N–H and O–H groups in total. The van der Waals surface area contributed by atoms with Gasteiger partial charge in [0.15, 0.2) is 0 Å². The Labute approximate surface area is 124 Å². The van der Waals surface area contributed by atoms with Crippen LogP contribution in [0.3, 0.4) is 0 Å². The minimum absolute atomic E-state index is 1.01. The summed E-state index contributed by atoms with van der Waals surface area (Å²) in [6.07, 6.45) is 2.05. The van der Waals surface area contributed by atoms with Crippen molar-refractivity contribution in [2.75, 3.05) is 0 Å². The van der Waals surface area contributed by atoms with Crippen LogP contribution in [0.2, 0.25) is 0 Å². The second-order valence-corrected chi connectivity index (χ2v) is 5.56. The average Bonchev–Trinajstić information content (AvgIpc) is 2.94. The van der Waals surface area contributed by atoms with Gasteiger partial charge in [0.1, 0.15) is 11.2 Å². The molecule has 0 bridgehead atoms. The molecule has 0 fully saturated rings. The lowest BCUT2D eigenvalue weighted by molar-refractivity contribution is 0.672. The van der Waals surface area contributed by atoms with Crippen molar-refractivity contribution in [2.45, 2.75) is 26.7 Å². The molecule has 4 rings (SSSR count). The Kier molecular flexibility index (Phi) is 2.75. The first-order valence-corrected chi connectivity index (χ1v) is 7.68. The highest BCUT2D eigenvalue weighted by Gasteiger charge is 2.15. The maximum absolute atomic E-state index is 6.25. The van der Waals surface area contributed by atoms with Gasteiger partial charge in [-0.2, -0.15) is 0 Å². The van der Waals surface area contributed by atoms with Gasteiger partial charge in [-0.05, 0) is 35.4 Å². The lowest BCUT2D eigenvalue weighted by Crippen LogP contribution is -1.86. The molecule has 0 aliphatic carbocycles. The molecule has 0 amide bonds. The summed E-state index contributed by atoms with van der Waals surface area (Å²) in [6, 6.07) is 17.2. The Bertz CT molecular complexity index is 960. The largest absolute Gasteiger partial charge is 0.455 e. The first kappa shape index (κ1) is 12.5. The van der Waals surface area contributed by atoms with E-state index in [1.54, 1.807) is 0 Å². The minimum atomic E-state index is 1.01. The third-order valence-corrected chi connectivity index (χ3v) is 4.42. The quantitative estimate of drug-likeness (QED) is 0.446. The number of hydrogen-bond acceptors (Lipinski definition) is 1. The van der Waals surface area contributed by atoms with Gasteiger partial charge < -0.3 is 4.42 Å².